The van der Waals surface area contributed by atoms with Crippen LogP contribution in [0.25, 0.3) is 0 Å². The van der Waals surface area contributed by atoms with E-state index in [-0.39, 0.29) is 12.2 Å². The number of non-ortho nitro benzene ring substituents is 1. The highest BCUT2D eigenvalue weighted by Crippen LogP contribution is 2.14. The number of nitrogens with one attached hydrogen (secondary N) is 1. The molecule has 0 amide bonds. The predicted octanol–water partition coefficient (Wildman–Crippen LogP) is 1.12. The third-order valence-electron chi connectivity index (χ3n) is 1.44. The summed E-state index contributed by atoms with van der Waals surface area (Å²) in [6.07, 6.45) is 1.66. The quantitative estimate of drug-likeness (QED) is 0.555. The van der Waals surface area contributed by atoms with Gasteiger partial charge in [0.1, 0.15) is 0 Å². The number of nitrogens with zero attached hydrogens (tertiary/aromatic N) is 1. The normalized spacial score (nSPS) is 9.23. The molecule has 1 aromatic carbocycles. The fraction of sp³-hybridized carbons (Fsp3) is 0.125. The number of nitro groups is 1. The molecule has 0 aliphatic carbocycles. The second-order valence-corrected chi connectivity index (χ2v) is 2.30. The van der Waals surface area contributed by atoms with Gasteiger partial charge < -0.3 is 5.32 Å². The zero-order valence-corrected chi connectivity index (χ0v) is 6.69. The lowest BCUT2D eigenvalue weighted by atomic mass is 10.3. The molecule has 1 N–H and O–H groups in total. The largest absolute Gasteiger partial charge is 0.377 e. The van der Waals surface area contributed by atoms with Crippen molar-refractivity contribution < 1.29 is 9.72 Å². The molecule has 5 heteroatoms. The molecule has 0 bridgehead atoms. The second kappa shape index (κ2) is 4.20. The lowest BCUT2D eigenvalue weighted by molar-refractivity contribution is -0.384. The van der Waals surface area contributed by atoms with Crippen LogP contribution in [0.3, 0.4) is 0 Å². The first-order valence-electron chi connectivity index (χ1n) is 3.57. The molecule has 0 saturated heterocycles. The van der Waals surface area contributed by atoms with Crippen molar-refractivity contribution in [2.24, 2.45) is 0 Å². The molecule has 1 rings (SSSR count). The van der Waals surface area contributed by atoms with Crippen LogP contribution in [0.2, 0.25) is 0 Å². The molecule has 0 atom stereocenters. The number of anilines is 1. The molecular weight excluding hydrogens is 172 g/mol. The Morgan fingerprint density at radius 2 is 2.00 bits per heavy atom. The zero-order chi connectivity index (χ0) is 9.68. The lowest BCUT2D eigenvalue weighted by Gasteiger charge is -1.99. The maximum Gasteiger partial charge on any atom is 0.269 e. The van der Waals surface area contributed by atoms with Crippen LogP contribution in [-0.2, 0) is 4.79 Å². The number of hydrogen-bond acceptors (Lipinski definition) is 4. The highest BCUT2D eigenvalue weighted by molar-refractivity contribution is 5.60. The summed E-state index contributed by atoms with van der Waals surface area (Å²) >= 11 is 0. The highest BCUT2D eigenvalue weighted by Gasteiger charge is 2.02. The minimum atomic E-state index is -0.477. The minimum Gasteiger partial charge on any atom is -0.377 e. The third kappa shape index (κ3) is 2.55. The van der Waals surface area contributed by atoms with Crippen molar-refractivity contribution in [1.82, 2.24) is 0 Å². The topological polar surface area (TPSA) is 72.2 Å². The van der Waals surface area contributed by atoms with Crippen LogP contribution in [0, 0.1) is 10.1 Å². The Bertz CT molecular complexity index is 308. The monoisotopic (exact) mass is 179 g/mol. The van der Waals surface area contributed by atoms with Gasteiger partial charge >= 0.3 is 0 Å². The van der Waals surface area contributed by atoms with Crippen molar-refractivity contribution >= 4 is 17.7 Å². The van der Waals surface area contributed by atoms with Crippen LogP contribution in [0.1, 0.15) is 0 Å². The Balaban J connectivity index is 2.69. The van der Waals surface area contributed by atoms with Crippen molar-refractivity contribution in [2.45, 2.75) is 0 Å². The van der Waals surface area contributed by atoms with Crippen LogP contribution < -0.4 is 5.32 Å². The number of rotatable bonds is 4. The molecule has 1 radical (unpaired) electrons. The summed E-state index contributed by atoms with van der Waals surface area (Å²) in [6, 6.07) is 5.81. The zero-order valence-electron chi connectivity index (χ0n) is 6.69. The van der Waals surface area contributed by atoms with Gasteiger partial charge in [-0.3, -0.25) is 14.9 Å². The van der Waals surface area contributed by atoms with Crippen LogP contribution in [0.5, 0.6) is 0 Å². The molecule has 0 saturated carbocycles. The van der Waals surface area contributed by atoms with E-state index in [0.29, 0.717) is 5.69 Å². The number of hydrogen-bond donors (Lipinski definition) is 1. The minimum absolute atomic E-state index is 0.0284. The van der Waals surface area contributed by atoms with Gasteiger partial charge in [-0.15, -0.1) is 0 Å². The van der Waals surface area contributed by atoms with Gasteiger partial charge in [0.15, 0.2) is 0 Å². The Morgan fingerprint density at radius 1 is 1.38 bits per heavy atom. The first-order chi connectivity index (χ1) is 6.24. The fourth-order valence-corrected chi connectivity index (χ4v) is 0.839. The molecule has 0 aromatic heterocycles. The van der Waals surface area contributed by atoms with Crippen molar-refractivity contribution in [1.29, 1.82) is 0 Å². The molecule has 5 nitrogen and oxygen atoms in total. The first kappa shape index (κ1) is 9.18. The lowest BCUT2D eigenvalue weighted by Crippen LogP contribution is -2.01. The Morgan fingerprint density at radius 3 is 2.46 bits per heavy atom. The Kier molecular flexibility index (Phi) is 2.97. The highest BCUT2D eigenvalue weighted by atomic mass is 16.6. The molecule has 0 aliphatic heterocycles. The maximum absolute atomic E-state index is 10.2. The van der Waals surface area contributed by atoms with E-state index in [2.05, 4.69) is 5.32 Å². The van der Waals surface area contributed by atoms with Gasteiger partial charge in [0.25, 0.3) is 5.69 Å². The number of benzene rings is 1. The van der Waals surface area contributed by atoms with Crippen LogP contribution in [-0.4, -0.2) is 17.8 Å². The Labute approximate surface area is 74.5 Å². The van der Waals surface area contributed by atoms with Gasteiger partial charge in [-0.2, -0.15) is 0 Å². The molecule has 0 heterocycles. The fourth-order valence-electron chi connectivity index (χ4n) is 0.839. The summed E-state index contributed by atoms with van der Waals surface area (Å²) in [7, 11) is 0. The molecule has 13 heavy (non-hydrogen) atoms. The van der Waals surface area contributed by atoms with Gasteiger partial charge in [0.2, 0.25) is 6.29 Å². The summed E-state index contributed by atoms with van der Waals surface area (Å²) in [4.78, 5) is 19.6. The van der Waals surface area contributed by atoms with E-state index < -0.39 is 4.92 Å². The smallest absolute Gasteiger partial charge is 0.269 e. The van der Waals surface area contributed by atoms with E-state index in [0.717, 1.165) is 0 Å². The molecule has 0 fully saturated rings. The summed E-state index contributed by atoms with van der Waals surface area (Å²) in [5.74, 6) is 0. The van der Waals surface area contributed by atoms with Crippen molar-refractivity contribution in [3.63, 3.8) is 0 Å². The molecule has 0 unspecified atom stereocenters. The average molecular weight is 179 g/mol. The van der Waals surface area contributed by atoms with Gasteiger partial charge in [0, 0.05) is 17.8 Å². The van der Waals surface area contributed by atoms with Crippen LogP contribution >= 0.6 is 0 Å². The SMILES string of the molecule is O=[C]CNc1ccc([N+](=O)[O-])cc1. The van der Waals surface area contributed by atoms with E-state index >= 15 is 0 Å². The van der Waals surface area contributed by atoms with Crippen molar-refractivity contribution in [3.8, 4) is 0 Å². The van der Waals surface area contributed by atoms with Crippen LogP contribution in [0.4, 0.5) is 11.4 Å². The molecule has 0 aliphatic rings. The molecule has 0 spiro atoms. The number of nitro benzene ring substituents is 1. The van der Waals surface area contributed by atoms with Gasteiger partial charge in [0.05, 0.1) is 11.5 Å². The van der Waals surface area contributed by atoms with Gasteiger partial charge in [-0.25, -0.2) is 0 Å². The van der Waals surface area contributed by atoms with E-state index in [1.54, 1.807) is 6.29 Å². The van der Waals surface area contributed by atoms with E-state index in [4.69, 9.17) is 0 Å². The standard InChI is InChI=1S/C8H7N2O3/c11-6-5-9-7-1-3-8(4-2-7)10(12)13/h1-4,9H,5H2. The van der Waals surface area contributed by atoms with Gasteiger partial charge in [-0.05, 0) is 12.1 Å². The van der Waals surface area contributed by atoms with Crippen molar-refractivity contribution in [3.05, 3.63) is 34.4 Å². The molecular formula is C8H7N2O3. The average Bonchev–Trinajstić information content (AvgIpc) is 2.15. The summed E-state index contributed by atoms with van der Waals surface area (Å²) in [5, 5.41) is 13.0. The maximum atomic E-state index is 10.2. The molecule has 1 aromatic rings. The summed E-state index contributed by atoms with van der Waals surface area (Å²) in [6.45, 7) is 0.0812. The second-order valence-electron chi connectivity index (χ2n) is 2.30. The Hall–Kier alpha value is -1.91. The number of carbonyl (C=O) groups excluding carboxylic acids is 1. The first-order valence-corrected chi connectivity index (χ1v) is 3.57. The third-order valence-corrected chi connectivity index (χ3v) is 1.44. The summed E-state index contributed by atoms with van der Waals surface area (Å²) < 4.78 is 0. The van der Waals surface area contributed by atoms with Crippen molar-refractivity contribution in [2.75, 3.05) is 11.9 Å². The predicted molar refractivity (Wildman–Crippen MR) is 47.3 cm³/mol. The van der Waals surface area contributed by atoms with E-state index in [1.807, 2.05) is 0 Å². The van der Waals surface area contributed by atoms with E-state index in [9.17, 15) is 14.9 Å². The van der Waals surface area contributed by atoms with Gasteiger partial charge in [-0.1, -0.05) is 0 Å². The van der Waals surface area contributed by atoms with E-state index in [1.165, 1.54) is 24.3 Å². The summed E-state index contributed by atoms with van der Waals surface area (Å²) in [5.41, 5.74) is 0.689. The van der Waals surface area contributed by atoms with Crippen LogP contribution in [0.15, 0.2) is 24.3 Å². The molecule has 67 valence electrons.